The van der Waals surface area contributed by atoms with Crippen molar-refractivity contribution in [3.63, 3.8) is 0 Å². The standard InChI is InChI=1S/C21H27N5O/c22-10-14-7-18(8-14)24-12-17(11-23)21-13-25-19-2-1-16(9-20(19)26-21)15-3-5-27-6-4-15/h1-2,9,11-15,18,23-24H,3-8,10,22H2/b17-12+,23-11?. The third-order valence-corrected chi connectivity index (χ3v) is 5.75. The van der Waals surface area contributed by atoms with Gasteiger partial charge in [-0.15, -0.1) is 0 Å². The molecule has 1 aromatic heterocycles. The number of nitrogens with zero attached hydrogens (tertiary/aromatic N) is 2. The topological polar surface area (TPSA) is 96.9 Å². The summed E-state index contributed by atoms with van der Waals surface area (Å²) < 4.78 is 5.47. The smallest absolute Gasteiger partial charge is 0.0922 e. The molecule has 0 unspecified atom stereocenters. The van der Waals surface area contributed by atoms with Gasteiger partial charge in [0.2, 0.25) is 0 Å². The maximum absolute atomic E-state index is 7.77. The number of nitrogens with two attached hydrogens (primary N) is 1. The zero-order valence-corrected chi connectivity index (χ0v) is 15.5. The molecule has 2 aliphatic rings. The third kappa shape index (κ3) is 4.01. The van der Waals surface area contributed by atoms with Gasteiger partial charge >= 0.3 is 0 Å². The molecule has 2 heterocycles. The second-order valence-electron chi connectivity index (χ2n) is 7.57. The van der Waals surface area contributed by atoms with Crippen molar-refractivity contribution in [2.75, 3.05) is 19.8 Å². The van der Waals surface area contributed by atoms with Crippen molar-refractivity contribution in [3.8, 4) is 0 Å². The summed E-state index contributed by atoms with van der Waals surface area (Å²) in [4.78, 5) is 9.33. The van der Waals surface area contributed by atoms with Crippen LogP contribution in [0.2, 0.25) is 0 Å². The molecule has 0 atom stereocenters. The highest BCUT2D eigenvalue weighted by molar-refractivity contribution is 6.07. The normalized spacial score (nSPS) is 23.8. The fourth-order valence-electron chi connectivity index (χ4n) is 3.91. The maximum atomic E-state index is 7.77. The molecule has 2 aromatic rings. The Morgan fingerprint density at radius 3 is 2.81 bits per heavy atom. The molecule has 0 radical (unpaired) electrons. The van der Waals surface area contributed by atoms with E-state index in [0.717, 1.165) is 67.7 Å². The van der Waals surface area contributed by atoms with Gasteiger partial charge in [0, 0.05) is 37.2 Å². The predicted molar refractivity (Wildman–Crippen MR) is 108 cm³/mol. The van der Waals surface area contributed by atoms with Crippen molar-refractivity contribution in [1.29, 1.82) is 5.41 Å². The summed E-state index contributed by atoms with van der Waals surface area (Å²) >= 11 is 0. The highest BCUT2D eigenvalue weighted by Gasteiger charge is 2.26. The van der Waals surface area contributed by atoms with Crippen molar-refractivity contribution in [2.24, 2.45) is 11.7 Å². The van der Waals surface area contributed by atoms with E-state index >= 15 is 0 Å². The average Bonchev–Trinajstić information content (AvgIpc) is 2.69. The van der Waals surface area contributed by atoms with E-state index in [0.29, 0.717) is 17.9 Å². The fraction of sp³-hybridized carbons (Fsp3) is 0.476. The quantitative estimate of drug-likeness (QED) is 0.684. The Balaban J connectivity index is 1.54. The lowest BCUT2D eigenvalue weighted by atomic mass is 9.80. The Kier molecular flexibility index (Phi) is 5.45. The number of benzene rings is 1. The second kappa shape index (κ2) is 8.15. The molecule has 142 valence electrons. The molecule has 4 N–H and O–H groups in total. The van der Waals surface area contributed by atoms with Crippen LogP contribution in [0.4, 0.5) is 0 Å². The van der Waals surface area contributed by atoms with Gasteiger partial charge in [-0.05, 0) is 61.8 Å². The third-order valence-electron chi connectivity index (χ3n) is 5.75. The lowest BCUT2D eigenvalue weighted by Crippen LogP contribution is -2.41. The van der Waals surface area contributed by atoms with E-state index in [1.807, 2.05) is 12.3 Å². The van der Waals surface area contributed by atoms with Gasteiger partial charge in [-0.25, -0.2) is 4.98 Å². The van der Waals surface area contributed by atoms with Gasteiger partial charge in [-0.2, -0.15) is 0 Å². The van der Waals surface area contributed by atoms with Crippen LogP contribution in [0.5, 0.6) is 0 Å². The molecule has 2 fully saturated rings. The van der Waals surface area contributed by atoms with Crippen molar-refractivity contribution in [2.45, 2.75) is 37.6 Å². The molecule has 1 aliphatic carbocycles. The molecule has 1 saturated carbocycles. The van der Waals surface area contributed by atoms with E-state index in [2.05, 4.69) is 22.4 Å². The molecule has 4 rings (SSSR count). The molecule has 0 bridgehead atoms. The number of nitrogens with one attached hydrogen (secondary N) is 2. The number of aromatic nitrogens is 2. The van der Waals surface area contributed by atoms with Crippen LogP contribution in [0.1, 0.15) is 42.9 Å². The van der Waals surface area contributed by atoms with Gasteiger partial charge in [0.1, 0.15) is 0 Å². The maximum Gasteiger partial charge on any atom is 0.0922 e. The molecule has 1 aliphatic heterocycles. The van der Waals surface area contributed by atoms with Crippen molar-refractivity contribution in [1.82, 2.24) is 15.3 Å². The van der Waals surface area contributed by atoms with Crippen LogP contribution in [0.25, 0.3) is 16.6 Å². The number of ether oxygens (including phenoxy) is 1. The van der Waals surface area contributed by atoms with E-state index in [1.165, 1.54) is 11.8 Å². The molecular weight excluding hydrogens is 338 g/mol. The minimum Gasteiger partial charge on any atom is -0.388 e. The summed E-state index contributed by atoms with van der Waals surface area (Å²) in [5, 5.41) is 11.2. The van der Waals surface area contributed by atoms with Crippen molar-refractivity contribution < 1.29 is 4.74 Å². The summed E-state index contributed by atoms with van der Waals surface area (Å²) in [5.74, 6) is 1.16. The molecule has 1 saturated heterocycles. The van der Waals surface area contributed by atoms with E-state index in [9.17, 15) is 0 Å². The lowest BCUT2D eigenvalue weighted by molar-refractivity contribution is 0.0853. The van der Waals surface area contributed by atoms with E-state index < -0.39 is 0 Å². The average molecular weight is 365 g/mol. The Hall–Kier alpha value is -2.31. The number of fused-ring (bicyclic) bond motifs is 1. The first-order valence-electron chi connectivity index (χ1n) is 9.78. The van der Waals surface area contributed by atoms with Gasteiger partial charge in [0.05, 0.1) is 22.9 Å². The Morgan fingerprint density at radius 2 is 2.07 bits per heavy atom. The van der Waals surface area contributed by atoms with Crippen LogP contribution in [0.3, 0.4) is 0 Å². The van der Waals surface area contributed by atoms with Gasteiger partial charge in [-0.1, -0.05) is 6.07 Å². The van der Waals surface area contributed by atoms with Crippen molar-refractivity contribution >= 4 is 22.8 Å². The zero-order chi connectivity index (χ0) is 18.6. The van der Waals surface area contributed by atoms with E-state index in [4.69, 9.17) is 20.9 Å². The Labute approximate surface area is 159 Å². The lowest BCUT2D eigenvalue weighted by Gasteiger charge is -2.34. The summed E-state index contributed by atoms with van der Waals surface area (Å²) in [6.45, 7) is 2.41. The van der Waals surface area contributed by atoms with Crippen LogP contribution in [-0.2, 0) is 4.74 Å². The van der Waals surface area contributed by atoms with Gasteiger partial charge in [0.15, 0.2) is 0 Å². The van der Waals surface area contributed by atoms with Crippen LogP contribution in [0, 0.1) is 11.3 Å². The molecule has 0 spiro atoms. The minimum atomic E-state index is 0.446. The molecule has 27 heavy (non-hydrogen) atoms. The predicted octanol–water partition coefficient (Wildman–Crippen LogP) is 2.84. The first-order chi connectivity index (χ1) is 13.3. The van der Waals surface area contributed by atoms with Crippen LogP contribution in [0.15, 0.2) is 30.6 Å². The second-order valence-corrected chi connectivity index (χ2v) is 7.57. The SMILES string of the molecule is N=C/C(=C\NC1CC(CN)C1)c1cnc2ccc(C3CCOCC3)cc2n1. The summed E-state index contributed by atoms with van der Waals surface area (Å²) in [7, 11) is 0. The first-order valence-corrected chi connectivity index (χ1v) is 9.78. The zero-order valence-electron chi connectivity index (χ0n) is 15.5. The number of rotatable bonds is 6. The van der Waals surface area contributed by atoms with Gasteiger partial charge in [-0.3, -0.25) is 4.98 Å². The molecule has 6 heteroatoms. The van der Waals surface area contributed by atoms with Crippen LogP contribution in [-0.4, -0.2) is 42.0 Å². The highest BCUT2D eigenvalue weighted by atomic mass is 16.5. The molecule has 6 nitrogen and oxygen atoms in total. The summed E-state index contributed by atoms with van der Waals surface area (Å²) in [6.07, 6.45) is 9.27. The Morgan fingerprint density at radius 1 is 1.26 bits per heavy atom. The van der Waals surface area contributed by atoms with Crippen LogP contribution < -0.4 is 11.1 Å². The summed E-state index contributed by atoms with van der Waals surface area (Å²) in [5.41, 5.74) is 10.2. The van der Waals surface area contributed by atoms with Gasteiger partial charge < -0.3 is 21.2 Å². The Bertz CT molecular complexity index is 838. The largest absolute Gasteiger partial charge is 0.388 e. The number of hydrogen-bond donors (Lipinski definition) is 3. The number of allylic oxidation sites excluding steroid dienone is 1. The molecule has 1 aromatic carbocycles. The molecule has 0 amide bonds. The monoisotopic (exact) mass is 365 g/mol. The first kappa shape index (κ1) is 18.1. The minimum absolute atomic E-state index is 0.446. The van der Waals surface area contributed by atoms with E-state index in [-0.39, 0.29) is 0 Å². The van der Waals surface area contributed by atoms with Crippen molar-refractivity contribution in [3.05, 3.63) is 41.9 Å². The summed E-state index contributed by atoms with van der Waals surface area (Å²) in [6, 6.07) is 6.80. The molecular formula is C21H27N5O. The number of hydrogen-bond acceptors (Lipinski definition) is 6. The van der Waals surface area contributed by atoms with E-state index in [1.54, 1.807) is 6.20 Å². The highest BCUT2D eigenvalue weighted by Crippen LogP contribution is 2.29. The van der Waals surface area contributed by atoms with Gasteiger partial charge in [0.25, 0.3) is 0 Å². The fourth-order valence-corrected chi connectivity index (χ4v) is 3.91. The van der Waals surface area contributed by atoms with Crippen LogP contribution >= 0.6 is 0 Å².